The van der Waals surface area contributed by atoms with Crippen LogP contribution in [0.3, 0.4) is 0 Å². The van der Waals surface area contributed by atoms with Gasteiger partial charge in [-0.2, -0.15) is 0 Å². The number of aromatic nitrogens is 1. The normalized spacial score (nSPS) is 23.9. The van der Waals surface area contributed by atoms with Crippen molar-refractivity contribution in [1.29, 1.82) is 0 Å². The van der Waals surface area contributed by atoms with Gasteiger partial charge in [-0.15, -0.1) is 11.3 Å². The Balaban J connectivity index is 1.36. The molecule has 8 heteroatoms. The molecule has 1 aromatic heterocycles. The largest absolute Gasteiger partial charge is 0.480 e. The number of amides is 2. The highest BCUT2D eigenvalue weighted by molar-refractivity contribution is 7.09. The minimum Gasteiger partial charge on any atom is -0.480 e. The van der Waals surface area contributed by atoms with Gasteiger partial charge in [0.05, 0.1) is 23.0 Å². The van der Waals surface area contributed by atoms with E-state index >= 15 is 0 Å². The summed E-state index contributed by atoms with van der Waals surface area (Å²) in [6.07, 6.45) is 4.53. The fourth-order valence-electron chi connectivity index (χ4n) is 4.98. The Morgan fingerprint density at radius 3 is 2.31 bits per heavy atom. The summed E-state index contributed by atoms with van der Waals surface area (Å²) < 4.78 is 0. The number of thiazole rings is 1. The smallest absolute Gasteiger partial charge is 0.321 e. The summed E-state index contributed by atoms with van der Waals surface area (Å²) in [6.45, 7) is 2.13. The second-order valence-corrected chi connectivity index (χ2v) is 9.80. The number of carboxylic acid groups (broad SMARTS) is 1. The van der Waals surface area contributed by atoms with E-state index in [2.05, 4.69) is 10.3 Å². The first-order valence-corrected chi connectivity index (χ1v) is 12.4. The molecule has 4 unspecified atom stereocenters. The number of carbonyl (C=O) groups is 3. The number of hydrogen-bond acceptors (Lipinski definition) is 6. The molecule has 3 aromatic rings. The molecule has 178 valence electrons. The zero-order chi connectivity index (χ0) is 24.5. The van der Waals surface area contributed by atoms with Gasteiger partial charge in [-0.25, -0.2) is 4.98 Å². The zero-order valence-corrected chi connectivity index (χ0v) is 19.9. The second kappa shape index (κ2) is 9.56. The van der Waals surface area contributed by atoms with Crippen molar-refractivity contribution in [2.75, 3.05) is 6.54 Å². The van der Waals surface area contributed by atoms with Crippen molar-refractivity contribution in [1.82, 2.24) is 15.2 Å². The molecule has 7 nitrogen and oxygen atoms in total. The molecule has 2 aromatic carbocycles. The number of nitrogens with one attached hydrogen (secondary N) is 1. The maximum Gasteiger partial charge on any atom is 0.321 e. The number of carboxylic acids is 1. The topological polar surface area (TPSA) is 99.6 Å². The number of hydrogen-bond donors (Lipinski definition) is 2. The number of fused-ring (bicyclic) bond motifs is 1. The second-order valence-electron chi connectivity index (χ2n) is 8.86. The third-order valence-electron chi connectivity index (χ3n) is 6.80. The number of benzene rings is 2. The highest BCUT2D eigenvalue weighted by atomic mass is 32.1. The van der Waals surface area contributed by atoms with Gasteiger partial charge < -0.3 is 5.11 Å². The predicted octanol–water partition coefficient (Wildman–Crippen LogP) is 3.56. The number of aryl methyl sites for hydroxylation is 1. The van der Waals surface area contributed by atoms with Crippen LogP contribution in [-0.2, 0) is 20.8 Å². The quantitative estimate of drug-likeness (QED) is 0.391. The van der Waals surface area contributed by atoms with Crippen LogP contribution in [0.2, 0.25) is 0 Å². The lowest BCUT2D eigenvalue weighted by Gasteiger charge is -2.21. The maximum atomic E-state index is 13.4. The van der Waals surface area contributed by atoms with Crippen LogP contribution in [0.1, 0.15) is 33.3 Å². The van der Waals surface area contributed by atoms with Crippen LogP contribution in [0, 0.1) is 18.8 Å². The minimum absolute atomic E-state index is 0.232. The molecule has 0 radical (unpaired) electrons. The molecule has 2 saturated heterocycles. The van der Waals surface area contributed by atoms with Crippen LogP contribution in [0.25, 0.3) is 12.2 Å². The monoisotopic (exact) mass is 487 g/mol. The minimum atomic E-state index is -1.12. The summed E-state index contributed by atoms with van der Waals surface area (Å²) in [7, 11) is 0. The van der Waals surface area contributed by atoms with Crippen LogP contribution in [0.5, 0.6) is 0 Å². The number of carbonyl (C=O) groups excluding carboxylic acids is 2. The van der Waals surface area contributed by atoms with Gasteiger partial charge in [0, 0.05) is 23.9 Å². The van der Waals surface area contributed by atoms with E-state index in [9.17, 15) is 19.5 Å². The predicted molar refractivity (Wildman–Crippen MR) is 133 cm³/mol. The van der Waals surface area contributed by atoms with Crippen molar-refractivity contribution >= 4 is 41.3 Å². The van der Waals surface area contributed by atoms with E-state index in [1.807, 2.05) is 73.7 Å². The van der Waals surface area contributed by atoms with Crippen LogP contribution in [0.4, 0.5) is 0 Å². The SMILES string of the molecule is Cc1ncsc1CCN1C(=O)C2C(C(=O)O)NC(c3ccc(C=Cc4ccccc4)cc3)C2C1=O. The molecule has 5 rings (SSSR count). The third-order valence-corrected chi connectivity index (χ3v) is 7.80. The van der Waals surface area contributed by atoms with Gasteiger partial charge in [-0.05, 0) is 23.6 Å². The average molecular weight is 488 g/mol. The van der Waals surface area contributed by atoms with E-state index in [1.165, 1.54) is 16.2 Å². The lowest BCUT2D eigenvalue weighted by Crippen LogP contribution is -2.43. The molecule has 2 aliphatic rings. The molecule has 2 amide bonds. The van der Waals surface area contributed by atoms with Gasteiger partial charge in [0.15, 0.2) is 0 Å². The van der Waals surface area contributed by atoms with Crippen molar-refractivity contribution in [2.24, 2.45) is 11.8 Å². The molecular formula is C27H25N3O4S. The van der Waals surface area contributed by atoms with Crippen LogP contribution in [0.15, 0.2) is 60.1 Å². The van der Waals surface area contributed by atoms with Crippen LogP contribution < -0.4 is 5.32 Å². The van der Waals surface area contributed by atoms with Crippen molar-refractivity contribution < 1.29 is 19.5 Å². The molecule has 2 aliphatic heterocycles. The Hall–Kier alpha value is -3.62. The van der Waals surface area contributed by atoms with Gasteiger partial charge in [0.25, 0.3) is 0 Å². The average Bonchev–Trinajstić information content (AvgIpc) is 3.53. The summed E-state index contributed by atoms with van der Waals surface area (Å²) in [5, 5.41) is 12.8. The Labute approximate surface area is 207 Å². The highest BCUT2D eigenvalue weighted by Gasteiger charge is 2.60. The molecule has 4 atom stereocenters. The van der Waals surface area contributed by atoms with Crippen molar-refractivity contribution in [2.45, 2.75) is 25.4 Å². The number of rotatable bonds is 7. The molecule has 35 heavy (non-hydrogen) atoms. The number of aliphatic carboxylic acids is 1. The number of likely N-dealkylation sites (tertiary alicyclic amines) is 1. The summed E-state index contributed by atoms with van der Waals surface area (Å²) in [5.74, 6) is -3.49. The molecule has 3 heterocycles. The standard InChI is InChI=1S/C27H25N3O4S/c1-16-20(35-15-28-16)13-14-30-25(31)21-22(26(30)32)24(27(33)34)29-23(21)19-11-9-18(10-12-19)8-7-17-5-3-2-4-6-17/h2-12,15,21-24,29H,13-14H2,1H3,(H,33,34). The summed E-state index contributed by atoms with van der Waals surface area (Å²) in [6, 6.07) is 16.0. The van der Waals surface area contributed by atoms with Crippen molar-refractivity contribution in [3.63, 3.8) is 0 Å². The summed E-state index contributed by atoms with van der Waals surface area (Å²) >= 11 is 1.49. The van der Waals surface area contributed by atoms with Gasteiger partial charge in [-0.1, -0.05) is 66.7 Å². The van der Waals surface area contributed by atoms with Crippen LogP contribution >= 0.6 is 11.3 Å². The maximum absolute atomic E-state index is 13.4. The van der Waals surface area contributed by atoms with Crippen molar-refractivity contribution in [3.05, 3.63) is 87.4 Å². The van der Waals surface area contributed by atoms with Gasteiger partial charge in [0.1, 0.15) is 6.04 Å². The zero-order valence-electron chi connectivity index (χ0n) is 19.1. The lowest BCUT2D eigenvalue weighted by atomic mass is 9.86. The third kappa shape index (κ3) is 4.42. The molecule has 2 N–H and O–H groups in total. The van der Waals surface area contributed by atoms with Gasteiger partial charge in [0.2, 0.25) is 11.8 Å². The van der Waals surface area contributed by atoms with E-state index in [-0.39, 0.29) is 12.5 Å². The Bertz CT molecular complexity index is 1290. The molecular weight excluding hydrogens is 462 g/mol. The first-order valence-electron chi connectivity index (χ1n) is 11.5. The molecule has 0 aliphatic carbocycles. The highest BCUT2D eigenvalue weighted by Crippen LogP contribution is 2.44. The van der Waals surface area contributed by atoms with Crippen LogP contribution in [-0.4, -0.2) is 45.4 Å². The van der Waals surface area contributed by atoms with E-state index < -0.39 is 35.8 Å². The van der Waals surface area contributed by atoms with E-state index in [0.29, 0.717) is 6.42 Å². The molecule has 2 fully saturated rings. The summed E-state index contributed by atoms with van der Waals surface area (Å²) in [5.41, 5.74) is 5.49. The van der Waals surface area contributed by atoms with E-state index in [4.69, 9.17) is 0 Å². The van der Waals surface area contributed by atoms with E-state index in [0.717, 1.165) is 27.3 Å². The first-order chi connectivity index (χ1) is 16.9. The Morgan fingerprint density at radius 2 is 1.69 bits per heavy atom. The van der Waals surface area contributed by atoms with E-state index in [1.54, 1.807) is 5.51 Å². The van der Waals surface area contributed by atoms with Crippen molar-refractivity contribution in [3.8, 4) is 0 Å². The fourth-order valence-corrected chi connectivity index (χ4v) is 5.75. The van der Waals surface area contributed by atoms with Gasteiger partial charge in [-0.3, -0.25) is 24.6 Å². The fraction of sp³-hybridized carbons (Fsp3) is 0.259. The molecule has 0 bridgehead atoms. The molecule has 0 saturated carbocycles. The first kappa shape index (κ1) is 23.1. The number of imide groups is 1. The Morgan fingerprint density at radius 1 is 1.03 bits per heavy atom. The molecule has 0 spiro atoms. The Kier molecular flexibility index (Phi) is 6.32. The summed E-state index contributed by atoms with van der Waals surface area (Å²) in [4.78, 5) is 45.0. The lowest BCUT2D eigenvalue weighted by molar-refractivity contribution is -0.146. The number of nitrogens with zero attached hydrogens (tertiary/aromatic N) is 2. The van der Waals surface area contributed by atoms with Gasteiger partial charge >= 0.3 is 5.97 Å².